The Balaban J connectivity index is 2.31. The van der Waals surface area contributed by atoms with Gasteiger partial charge in [0.05, 0.1) is 6.61 Å². The molecule has 1 aromatic heterocycles. The van der Waals surface area contributed by atoms with Gasteiger partial charge < -0.3 is 15.2 Å². The predicted octanol–water partition coefficient (Wildman–Crippen LogP) is 2.90. The maximum atomic E-state index is 5.79. The van der Waals surface area contributed by atoms with Crippen LogP contribution in [0.3, 0.4) is 0 Å². The number of nitrogens with two attached hydrogens (primary N) is 1. The Morgan fingerprint density at radius 1 is 1.22 bits per heavy atom. The maximum Gasteiger partial charge on any atom is 0.247 e. The minimum Gasteiger partial charge on any atom is -0.490 e. The summed E-state index contributed by atoms with van der Waals surface area (Å²) >= 11 is 5.79. The van der Waals surface area contributed by atoms with Crippen molar-refractivity contribution in [3.63, 3.8) is 0 Å². The first-order valence-electron chi connectivity index (χ1n) is 5.38. The van der Waals surface area contributed by atoms with Gasteiger partial charge in [0, 0.05) is 0 Å². The van der Waals surface area contributed by atoms with Crippen LogP contribution in [0.5, 0.6) is 17.4 Å². The number of aromatic nitrogens is 2. The molecule has 0 saturated carbocycles. The number of hydrogen-bond donors (Lipinski definition) is 1. The lowest BCUT2D eigenvalue weighted by molar-refractivity contribution is 0.319. The number of rotatable bonds is 4. The molecule has 18 heavy (non-hydrogen) atoms. The van der Waals surface area contributed by atoms with Crippen LogP contribution in [0.15, 0.2) is 30.6 Å². The first-order chi connectivity index (χ1) is 8.72. The van der Waals surface area contributed by atoms with Crippen molar-refractivity contribution in [3.05, 3.63) is 35.7 Å². The van der Waals surface area contributed by atoms with Crippen molar-refractivity contribution in [1.29, 1.82) is 0 Å². The van der Waals surface area contributed by atoms with E-state index in [1.165, 1.54) is 6.33 Å². The summed E-state index contributed by atoms with van der Waals surface area (Å²) in [6.45, 7) is 2.44. The molecule has 0 aliphatic rings. The van der Waals surface area contributed by atoms with Crippen molar-refractivity contribution in [2.45, 2.75) is 6.92 Å². The fourth-order valence-corrected chi connectivity index (χ4v) is 1.48. The highest BCUT2D eigenvalue weighted by Crippen LogP contribution is 2.34. The number of anilines is 1. The van der Waals surface area contributed by atoms with Crippen molar-refractivity contribution in [1.82, 2.24) is 9.97 Å². The van der Waals surface area contributed by atoms with Crippen LogP contribution in [0, 0.1) is 0 Å². The van der Waals surface area contributed by atoms with Gasteiger partial charge in [-0.25, -0.2) is 4.98 Å². The van der Waals surface area contributed by atoms with E-state index in [4.69, 9.17) is 26.8 Å². The highest BCUT2D eigenvalue weighted by Gasteiger charge is 2.11. The quantitative estimate of drug-likeness (QED) is 0.861. The number of hydrogen-bond acceptors (Lipinski definition) is 5. The Bertz CT molecular complexity index is 549. The van der Waals surface area contributed by atoms with Crippen LogP contribution in [0.1, 0.15) is 6.92 Å². The Hall–Kier alpha value is -2.01. The topological polar surface area (TPSA) is 70.3 Å². The van der Waals surface area contributed by atoms with E-state index in [1.807, 2.05) is 19.1 Å². The molecule has 2 rings (SSSR count). The summed E-state index contributed by atoms with van der Waals surface area (Å²) < 4.78 is 11.0. The molecule has 6 heteroatoms. The summed E-state index contributed by atoms with van der Waals surface area (Å²) in [7, 11) is 0. The zero-order valence-electron chi connectivity index (χ0n) is 9.76. The van der Waals surface area contributed by atoms with Gasteiger partial charge in [0.1, 0.15) is 12.0 Å². The van der Waals surface area contributed by atoms with E-state index in [1.54, 1.807) is 12.1 Å². The van der Waals surface area contributed by atoms with Gasteiger partial charge in [0.2, 0.25) is 5.88 Å². The summed E-state index contributed by atoms with van der Waals surface area (Å²) in [6, 6.07) is 7.25. The van der Waals surface area contributed by atoms with Gasteiger partial charge in [-0.1, -0.05) is 23.7 Å². The normalized spacial score (nSPS) is 10.1. The van der Waals surface area contributed by atoms with E-state index in [0.717, 1.165) is 0 Å². The second-order valence-corrected chi connectivity index (χ2v) is 3.72. The number of halogens is 1. The van der Waals surface area contributed by atoms with Crippen LogP contribution in [0.25, 0.3) is 0 Å². The zero-order chi connectivity index (χ0) is 13.0. The first kappa shape index (κ1) is 12.4. The van der Waals surface area contributed by atoms with Crippen molar-refractivity contribution >= 4 is 17.3 Å². The Morgan fingerprint density at radius 3 is 2.67 bits per heavy atom. The highest BCUT2D eigenvalue weighted by molar-refractivity contribution is 6.32. The summed E-state index contributed by atoms with van der Waals surface area (Å²) in [5.41, 5.74) is 5.93. The largest absolute Gasteiger partial charge is 0.490 e. The van der Waals surface area contributed by atoms with Crippen molar-refractivity contribution < 1.29 is 9.47 Å². The van der Waals surface area contributed by atoms with Gasteiger partial charge >= 0.3 is 0 Å². The molecule has 0 unspecified atom stereocenters. The van der Waals surface area contributed by atoms with Crippen LogP contribution in [0.2, 0.25) is 5.15 Å². The minimum absolute atomic E-state index is 0.161. The van der Waals surface area contributed by atoms with Gasteiger partial charge in [-0.2, -0.15) is 4.98 Å². The molecule has 1 heterocycles. The standard InChI is InChI=1S/C12H12ClN3O2/c1-2-17-8-5-3-4-6-9(8)18-12-10(14)11(13)15-7-16-12/h3-7H,2,14H2,1H3. The summed E-state index contributed by atoms with van der Waals surface area (Å²) in [6.07, 6.45) is 1.29. The predicted molar refractivity (Wildman–Crippen MR) is 69.1 cm³/mol. The van der Waals surface area contributed by atoms with E-state index in [9.17, 15) is 0 Å². The third-order valence-corrected chi connectivity index (χ3v) is 2.46. The molecular formula is C12H12ClN3O2. The van der Waals surface area contributed by atoms with E-state index in [0.29, 0.717) is 18.1 Å². The Kier molecular flexibility index (Phi) is 3.84. The lowest BCUT2D eigenvalue weighted by atomic mass is 10.3. The molecule has 94 valence electrons. The molecule has 0 saturated heterocycles. The lowest BCUT2D eigenvalue weighted by Crippen LogP contribution is -1.99. The van der Waals surface area contributed by atoms with Gasteiger partial charge in [0.25, 0.3) is 0 Å². The monoisotopic (exact) mass is 265 g/mol. The number of para-hydroxylation sites is 2. The molecule has 0 spiro atoms. The number of nitrogen functional groups attached to an aromatic ring is 1. The van der Waals surface area contributed by atoms with Crippen molar-refractivity contribution in [2.75, 3.05) is 12.3 Å². The van der Waals surface area contributed by atoms with E-state index < -0.39 is 0 Å². The molecule has 0 fully saturated rings. The van der Waals surface area contributed by atoms with Crippen LogP contribution >= 0.6 is 11.6 Å². The Labute approximate surface area is 110 Å². The first-order valence-corrected chi connectivity index (χ1v) is 5.75. The second-order valence-electron chi connectivity index (χ2n) is 3.37. The molecule has 0 amide bonds. The van der Waals surface area contributed by atoms with Gasteiger partial charge in [0.15, 0.2) is 16.7 Å². The maximum absolute atomic E-state index is 5.79. The lowest BCUT2D eigenvalue weighted by Gasteiger charge is -2.11. The van der Waals surface area contributed by atoms with Gasteiger partial charge in [-0.05, 0) is 19.1 Å². The number of nitrogens with zero attached hydrogens (tertiary/aromatic N) is 2. The summed E-state index contributed by atoms with van der Waals surface area (Å²) in [4.78, 5) is 7.70. The summed E-state index contributed by atoms with van der Waals surface area (Å²) in [5, 5.41) is 0.161. The van der Waals surface area contributed by atoms with E-state index in [-0.39, 0.29) is 16.7 Å². The second kappa shape index (κ2) is 5.55. The average Bonchev–Trinajstić information content (AvgIpc) is 2.37. The molecule has 2 aromatic rings. The molecule has 5 nitrogen and oxygen atoms in total. The average molecular weight is 266 g/mol. The smallest absolute Gasteiger partial charge is 0.247 e. The summed E-state index contributed by atoms with van der Waals surface area (Å²) in [5.74, 6) is 1.36. The molecule has 2 N–H and O–H groups in total. The Morgan fingerprint density at radius 2 is 1.94 bits per heavy atom. The number of ether oxygens (including phenoxy) is 2. The minimum atomic E-state index is 0.161. The molecule has 0 radical (unpaired) electrons. The van der Waals surface area contributed by atoms with Crippen LogP contribution in [-0.2, 0) is 0 Å². The van der Waals surface area contributed by atoms with Crippen LogP contribution < -0.4 is 15.2 Å². The highest BCUT2D eigenvalue weighted by atomic mass is 35.5. The van der Waals surface area contributed by atoms with Crippen LogP contribution in [0.4, 0.5) is 5.69 Å². The molecular weight excluding hydrogens is 254 g/mol. The van der Waals surface area contributed by atoms with Gasteiger partial charge in [-0.3, -0.25) is 0 Å². The van der Waals surface area contributed by atoms with Crippen molar-refractivity contribution in [3.8, 4) is 17.4 Å². The number of benzene rings is 1. The zero-order valence-corrected chi connectivity index (χ0v) is 10.5. The van der Waals surface area contributed by atoms with E-state index >= 15 is 0 Å². The van der Waals surface area contributed by atoms with Crippen molar-refractivity contribution in [2.24, 2.45) is 0 Å². The molecule has 0 atom stereocenters. The SMILES string of the molecule is CCOc1ccccc1Oc1ncnc(Cl)c1N. The third kappa shape index (κ3) is 2.62. The van der Waals surface area contributed by atoms with E-state index in [2.05, 4.69) is 9.97 Å². The molecule has 1 aromatic carbocycles. The fraction of sp³-hybridized carbons (Fsp3) is 0.167. The van der Waals surface area contributed by atoms with Crippen LogP contribution in [-0.4, -0.2) is 16.6 Å². The molecule has 0 aliphatic heterocycles. The molecule has 0 aliphatic carbocycles. The fourth-order valence-electron chi connectivity index (χ4n) is 1.35. The molecule has 0 bridgehead atoms. The van der Waals surface area contributed by atoms with Gasteiger partial charge in [-0.15, -0.1) is 0 Å². The third-order valence-electron chi connectivity index (χ3n) is 2.15.